The summed E-state index contributed by atoms with van der Waals surface area (Å²) in [6.45, 7) is 0.643. The predicted molar refractivity (Wildman–Crippen MR) is 101 cm³/mol. The van der Waals surface area contributed by atoms with E-state index in [2.05, 4.69) is 16.4 Å². The van der Waals surface area contributed by atoms with E-state index in [1.165, 1.54) is 30.5 Å². The van der Waals surface area contributed by atoms with Crippen molar-refractivity contribution in [3.8, 4) is 0 Å². The van der Waals surface area contributed by atoms with Crippen LogP contribution in [0.2, 0.25) is 0 Å². The highest BCUT2D eigenvalue weighted by atomic mass is 19.1. The fraction of sp³-hybridized carbons (Fsp3) is 0.364. The number of pyridine rings is 1. The van der Waals surface area contributed by atoms with Crippen LogP contribution in [0.4, 0.5) is 4.39 Å². The Labute approximate surface area is 154 Å². The average molecular weight is 352 g/mol. The van der Waals surface area contributed by atoms with Crippen molar-refractivity contribution in [3.63, 3.8) is 0 Å². The molecule has 1 heterocycles. The molecule has 1 N–H and O–H groups in total. The van der Waals surface area contributed by atoms with Crippen LogP contribution >= 0.6 is 0 Å². The molecule has 3 nitrogen and oxygen atoms in total. The van der Waals surface area contributed by atoms with Gasteiger partial charge in [-0.05, 0) is 61.9 Å². The van der Waals surface area contributed by atoms with Crippen LogP contribution < -0.4 is 5.32 Å². The van der Waals surface area contributed by atoms with Crippen LogP contribution in [-0.2, 0) is 11.2 Å². The number of rotatable bonds is 7. The van der Waals surface area contributed by atoms with Crippen LogP contribution in [0.3, 0.4) is 0 Å². The quantitative estimate of drug-likeness (QED) is 0.743. The number of nitrogens with zero attached hydrogens (tertiary/aromatic N) is 1. The van der Waals surface area contributed by atoms with Gasteiger partial charge >= 0.3 is 0 Å². The van der Waals surface area contributed by atoms with Gasteiger partial charge in [0.05, 0.1) is 5.92 Å². The number of benzene rings is 1. The van der Waals surface area contributed by atoms with E-state index in [9.17, 15) is 9.18 Å². The lowest BCUT2D eigenvalue weighted by Crippen LogP contribution is -2.31. The average Bonchev–Trinajstić information content (AvgIpc) is 2.68. The molecule has 0 spiro atoms. The van der Waals surface area contributed by atoms with Crippen LogP contribution in [0, 0.1) is 5.82 Å². The fourth-order valence-corrected chi connectivity index (χ4v) is 3.39. The highest BCUT2D eigenvalue weighted by Gasteiger charge is 2.21. The lowest BCUT2D eigenvalue weighted by molar-refractivity contribution is -0.122. The highest BCUT2D eigenvalue weighted by molar-refractivity contribution is 5.83. The number of hydrogen-bond donors (Lipinski definition) is 1. The van der Waals surface area contributed by atoms with E-state index in [4.69, 9.17) is 0 Å². The number of amides is 1. The van der Waals surface area contributed by atoms with Crippen LogP contribution in [0.25, 0.3) is 0 Å². The van der Waals surface area contributed by atoms with Crippen molar-refractivity contribution in [1.82, 2.24) is 10.3 Å². The molecule has 3 rings (SSSR count). The molecule has 0 saturated heterocycles. The van der Waals surface area contributed by atoms with Gasteiger partial charge in [-0.1, -0.05) is 29.8 Å². The first-order valence-electron chi connectivity index (χ1n) is 9.33. The molecular formula is C22H25FN2O. The predicted octanol–water partition coefficient (Wildman–Crippen LogP) is 4.55. The summed E-state index contributed by atoms with van der Waals surface area (Å²) in [6, 6.07) is 11.9. The van der Waals surface area contributed by atoms with Crippen molar-refractivity contribution < 1.29 is 9.18 Å². The van der Waals surface area contributed by atoms with Gasteiger partial charge in [-0.25, -0.2) is 4.39 Å². The molecule has 0 fully saturated rings. The smallest absolute Gasteiger partial charge is 0.227 e. The van der Waals surface area contributed by atoms with Crippen molar-refractivity contribution in [1.29, 1.82) is 0 Å². The Kier molecular flexibility index (Phi) is 6.53. The largest absolute Gasteiger partial charge is 0.355 e. The van der Waals surface area contributed by atoms with Gasteiger partial charge in [0.1, 0.15) is 5.82 Å². The summed E-state index contributed by atoms with van der Waals surface area (Å²) < 4.78 is 13.3. The standard InChI is InChI=1S/C22H25FN2O/c23-19-11-9-18(10-12-19)21(16-20-8-4-5-14-24-20)22(26)25-15-13-17-6-2-1-3-7-17/h4-6,8-12,14,21H,1-3,7,13,15-16H2,(H,25,26). The lowest BCUT2D eigenvalue weighted by Gasteiger charge is -2.18. The molecule has 136 valence electrons. The minimum Gasteiger partial charge on any atom is -0.355 e. The van der Waals surface area contributed by atoms with Gasteiger partial charge in [0.25, 0.3) is 0 Å². The minimum atomic E-state index is -0.370. The molecule has 1 aromatic carbocycles. The van der Waals surface area contributed by atoms with Gasteiger partial charge < -0.3 is 5.32 Å². The van der Waals surface area contributed by atoms with E-state index in [0.29, 0.717) is 13.0 Å². The zero-order valence-corrected chi connectivity index (χ0v) is 15.0. The van der Waals surface area contributed by atoms with Crippen molar-refractivity contribution in [2.75, 3.05) is 6.54 Å². The van der Waals surface area contributed by atoms with Crippen molar-refractivity contribution in [3.05, 3.63) is 77.4 Å². The molecule has 1 unspecified atom stereocenters. The molecule has 0 radical (unpaired) electrons. The monoisotopic (exact) mass is 352 g/mol. The summed E-state index contributed by atoms with van der Waals surface area (Å²) in [7, 11) is 0. The van der Waals surface area contributed by atoms with Gasteiger partial charge in [-0.15, -0.1) is 0 Å². The van der Waals surface area contributed by atoms with Gasteiger partial charge in [0.15, 0.2) is 0 Å². The van der Waals surface area contributed by atoms with E-state index in [1.807, 2.05) is 18.2 Å². The second kappa shape index (κ2) is 9.27. The number of halogens is 1. The zero-order valence-electron chi connectivity index (χ0n) is 15.0. The Bertz CT molecular complexity index is 740. The molecular weight excluding hydrogens is 327 g/mol. The molecule has 1 atom stereocenters. The normalized spacial score (nSPS) is 15.2. The van der Waals surface area contributed by atoms with Crippen LogP contribution in [0.1, 0.15) is 49.3 Å². The molecule has 0 saturated carbocycles. The van der Waals surface area contributed by atoms with Gasteiger partial charge in [-0.2, -0.15) is 0 Å². The topological polar surface area (TPSA) is 42.0 Å². The van der Waals surface area contributed by atoms with Gasteiger partial charge in [0, 0.05) is 24.9 Å². The molecule has 0 bridgehead atoms. The Balaban J connectivity index is 1.66. The first-order chi connectivity index (χ1) is 12.7. The van der Waals surface area contributed by atoms with Gasteiger partial charge in [-0.3, -0.25) is 9.78 Å². The molecule has 26 heavy (non-hydrogen) atoms. The molecule has 1 aliphatic rings. The second-order valence-electron chi connectivity index (χ2n) is 6.78. The number of carbonyl (C=O) groups excluding carboxylic acids is 1. The second-order valence-corrected chi connectivity index (χ2v) is 6.78. The van der Waals surface area contributed by atoms with E-state index < -0.39 is 0 Å². The number of allylic oxidation sites excluding steroid dienone is 1. The number of carbonyl (C=O) groups is 1. The summed E-state index contributed by atoms with van der Waals surface area (Å²) >= 11 is 0. The van der Waals surface area contributed by atoms with Gasteiger partial charge in [0.2, 0.25) is 5.91 Å². The van der Waals surface area contributed by atoms with Crippen LogP contribution in [0.15, 0.2) is 60.3 Å². The first kappa shape index (κ1) is 18.3. The zero-order chi connectivity index (χ0) is 18.2. The molecule has 1 amide bonds. The summed E-state index contributed by atoms with van der Waals surface area (Å²) in [5.41, 5.74) is 3.11. The van der Waals surface area contributed by atoms with E-state index >= 15 is 0 Å². The Morgan fingerprint density at radius 2 is 2.00 bits per heavy atom. The molecule has 4 heteroatoms. The lowest BCUT2D eigenvalue weighted by atomic mass is 9.92. The van der Waals surface area contributed by atoms with E-state index in [1.54, 1.807) is 18.3 Å². The number of nitrogens with one attached hydrogen (secondary N) is 1. The molecule has 1 aromatic heterocycles. The molecule has 1 aliphatic carbocycles. The maximum absolute atomic E-state index is 13.3. The van der Waals surface area contributed by atoms with E-state index in [-0.39, 0.29) is 17.6 Å². The molecule has 2 aromatic rings. The Hall–Kier alpha value is -2.49. The first-order valence-corrected chi connectivity index (χ1v) is 9.33. The number of hydrogen-bond acceptors (Lipinski definition) is 2. The third-order valence-corrected chi connectivity index (χ3v) is 4.86. The Morgan fingerprint density at radius 1 is 1.15 bits per heavy atom. The summed E-state index contributed by atoms with van der Waals surface area (Å²) in [5.74, 6) is -0.695. The van der Waals surface area contributed by atoms with Crippen molar-refractivity contribution >= 4 is 5.91 Å². The minimum absolute atomic E-state index is 0.0290. The number of aromatic nitrogens is 1. The molecule has 0 aliphatic heterocycles. The third-order valence-electron chi connectivity index (χ3n) is 4.86. The van der Waals surface area contributed by atoms with Crippen molar-refractivity contribution in [2.45, 2.75) is 44.4 Å². The fourth-order valence-electron chi connectivity index (χ4n) is 3.39. The SMILES string of the molecule is O=C(NCCC1=CCCCC1)C(Cc1ccccn1)c1ccc(F)cc1. The maximum atomic E-state index is 13.3. The van der Waals surface area contributed by atoms with Crippen LogP contribution in [-0.4, -0.2) is 17.4 Å². The van der Waals surface area contributed by atoms with Crippen LogP contribution in [0.5, 0.6) is 0 Å². The summed E-state index contributed by atoms with van der Waals surface area (Å²) in [5, 5.41) is 3.06. The van der Waals surface area contributed by atoms with Crippen molar-refractivity contribution in [2.24, 2.45) is 0 Å². The summed E-state index contributed by atoms with van der Waals surface area (Å²) in [6.07, 6.45) is 10.3. The highest BCUT2D eigenvalue weighted by Crippen LogP contribution is 2.22. The Morgan fingerprint density at radius 3 is 2.69 bits per heavy atom. The van der Waals surface area contributed by atoms with E-state index in [0.717, 1.165) is 30.5 Å². The summed E-state index contributed by atoms with van der Waals surface area (Å²) in [4.78, 5) is 17.2. The maximum Gasteiger partial charge on any atom is 0.227 e. The third kappa shape index (κ3) is 5.25.